The van der Waals surface area contributed by atoms with Crippen LogP contribution in [-0.2, 0) is 0 Å². The smallest absolute Gasteiger partial charge is 0.252 e. The molecule has 0 bridgehead atoms. The molecule has 0 radical (unpaired) electrons. The molecule has 3 heteroatoms. The summed E-state index contributed by atoms with van der Waals surface area (Å²) in [6.07, 6.45) is 3.59. The molecule has 1 aromatic carbocycles. The van der Waals surface area contributed by atoms with Crippen LogP contribution in [0.4, 0.5) is 0 Å². The molecule has 0 aromatic heterocycles. The molecule has 18 heavy (non-hydrogen) atoms. The molecular formula is C15H20BrNO. The van der Waals surface area contributed by atoms with Crippen molar-refractivity contribution in [2.24, 2.45) is 11.8 Å². The quantitative estimate of drug-likeness (QED) is 0.879. The first-order valence-corrected chi connectivity index (χ1v) is 7.44. The number of hydrogen-bond donors (Lipinski definition) is 1. The van der Waals surface area contributed by atoms with Gasteiger partial charge in [-0.3, -0.25) is 4.79 Å². The zero-order valence-corrected chi connectivity index (χ0v) is 12.5. The summed E-state index contributed by atoms with van der Waals surface area (Å²) in [5.41, 5.74) is 0.725. The highest BCUT2D eigenvalue weighted by Crippen LogP contribution is 2.29. The minimum atomic E-state index is 0.0356. The van der Waals surface area contributed by atoms with Crippen LogP contribution in [0.3, 0.4) is 0 Å². The number of nitrogens with one attached hydrogen (secondary N) is 1. The third-order valence-electron chi connectivity index (χ3n) is 4.14. The Balaban J connectivity index is 2.05. The topological polar surface area (TPSA) is 29.1 Å². The maximum atomic E-state index is 12.2. The molecule has 1 aromatic rings. The standard InChI is InChI=1S/C15H20BrNO/c1-10-6-5-9-14(11(10)2)17-15(18)12-7-3-4-8-13(12)16/h3-4,7-8,10-11,14H,5-6,9H2,1-2H3,(H,17,18)/t10-,11-,14+/m1/s1. The molecule has 1 fully saturated rings. The van der Waals surface area contributed by atoms with Crippen LogP contribution in [0.15, 0.2) is 28.7 Å². The van der Waals surface area contributed by atoms with E-state index in [0.717, 1.165) is 16.5 Å². The molecular weight excluding hydrogens is 290 g/mol. The molecule has 1 N–H and O–H groups in total. The lowest BCUT2D eigenvalue weighted by molar-refractivity contribution is 0.0890. The summed E-state index contributed by atoms with van der Waals surface area (Å²) in [5, 5.41) is 3.19. The first-order valence-electron chi connectivity index (χ1n) is 6.65. The summed E-state index contributed by atoms with van der Waals surface area (Å²) < 4.78 is 0.860. The minimum Gasteiger partial charge on any atom is -0.349 e. The van der Waals surface area contributed by atoms with E-state index >= 15 is 0 Å². The second-order valence-electron chi connectivity index (χ2n) is 5.33. The second kappa shape index (κ2) is 5.87. The van der Waals surface area contributed by atoms with Gasteiger partial charge in [-0.15, -0.1) is 0 Å². The Morgan fingerprint density at radius 2 is 2.00 bits per heavy atom. The maximum absolute atomic E-state index is 12.2. The summed E-state index contributed by atoms with van der Waals surface area (Å²) in [6, 6.07) is 7.89. The van der Waals surface area contributed by atoms with Crippen LogP contribution in [0.1, 0.15) is 43.5 Å². The maximum Gasteiger partial charge on any atom is 0.252 e. The number of amides is 1. The first-order chi connectivity index (χ1) is 8.59. The van der Waals surface area contributed by atoms with Gasteiger partial charge >= 0.3 is 0 Å². The Hall–Kier alpha value is -0.830. The number of carbonyl (C=O) groups excluding carboxylic acids is 1. The van der Waals surface area contributed by atoms with Crippen molar-refractivity contribution in [3.05, 3.63) is 34.3 Å². The number of carbonyl (C=O) groups is 1. The van der Waals surface area contributed by atoms with E-state index in [4.69, 9.17) is 0 Å². The Morgan fingerprint density at radius 1 is 1.28 bits per heavy atom. The second-order valence-corrected chi connectivity index (χ2v) is 6.18. The number of halogens is 1. The van der Waals surface area contributed by atoms with E-state index in [0.29, 0.717) is 17.9 Å². The van der Waals surface area contributed by atoms with Crippen LogP contribution in [0.5, 0.6) is 0 Å². The van der Waals surface area contributed by atoms with E-state index in [1.807, 2.05) is 24.3 Å². The zero-order chi connectivity index (χ0) is 13.1. The van der Waals surface area contributed by atoms with Gasteiger partial charge < -0.3 is 5.32 Å². The highest BCUT2D eigenvalue weighted by Gasteiger charge is 2.28. The minimum absolute atomic E-state index is 0.0356. The van der Waals surface area contributed by atoms with Gasteiger partial charge in [-0.05, 0) is 46.3 Å². The van der Waals surface area contributed by atoms with Gasteiger partial charge in [-0.2, -0.15) is 0 Å². The number of benzene rings is 1. The van der Waals surface area contributed by atoms with Crippen LogP contribution in [0.2, 0.25) is 0 Å². The van der Waals surface area contributed by atoms with Gasteiger partial charge in [0, 0.05) is 10.5 Å². The molecule has 0 unspecified atom stereocenters. The average Bonchev–Trinajstić information content (AvgIpc) is 2.35. The van der Waals surface area contributed by atoms with Crippen molar-refractivity contribution < 1.29 is 4.79 Å². The van der Waals surface area contributed by atoms with Gasteiger partial charge in [0.15, 0.2) is 0 Å². The summed E-state index contributed by atoms with van der Waals surface area (Å²) >= 11 is 3.43. The summed E-state index contributed by atoms with van der Waals surface area (Å²) in [7, 11) is 0. The molecule has 2 nitrogen and oxygen atoms in total. The van der Waals surface area contributed by atoms with E-state index in [9.17, 15) is 4.79 Å². The highest BCUT2D eigenvalue weighted by molar-refractivity contribution is 9.10. The predicted molar refractivity (Wildman–Crippen MR) is 77.6 cm³/mol. The number of hydrogen-bond acceptors (Lipinski definition) is 1. The van der Waals surface area contributed by atoms with Crippen LogP contribution < -0.4 is 5.32 Å². The molecule has 2 rings (SSSR count). The Bertz CT molecular complexity index is 432. The van der Waals surface area contributed by atoms with Crippen molar-refractivity contribution in [1.82, 2.24) is 5.32 Å². The van der Waals surface area contributed by atoms with Crippen molar-refractivity contribution in [3.8, 4) is 0 Å². The van der Waals surface area contributed by atoms with Gasteiger partial charge in [0.1, 0.15) is 0 Å². The molecule has 1 amide bonds. The van der Waals surface area contributed by atoms with Crippen LogP contribution >= 0.6 is 15.9 Å². The van der Waals surface area contributed by atoms with Crippen molar-refractivity contribution in [2.45, 2.75) is 39.2 Å². The number of rotatable bonds is 2. The Labute approximate surface area is 117 Å². The monoisotopic (exact) mass is 309 g/mol. The molecule has 0 heterocycles. The van der Waals surface area contributed by atoms with E-state index in [1.54, 1.807) is 0 Å². The Kier molecular flexibility index (Phi) is 4.44. The van der Waals surface area contributed by atoms with E-state index < -0.39 is 0 Å². The summed E-state index contributed by atoms with van der Waals surface area (Å²) in [6.45, 7) is 4.52. The molecule has 3 atom stereocenters. The third-order valence-corrected chi connectivity index (χ3v) is 4.83. The van der Waals surface area contributed by atoms with Crippen LogP contribution in [-0.4, -0.2) is 11.9 Å². The lowest BCUT2D eigenvalue weighted by atomic mass is 9.78. The fourth-order valence-electron chi connectivity index (χ4n) is 2.68. The molecule has 0 saturated heterocycles. The first kappa shape index (κ1) is 13.6. The van der Waals surface area contributed by atoms with E-state index in [2.05, 4.69) is 35.1 Å². The largest absolute Gasteiger partial charge is 0.349 e. The van der Waals surface area contributed by atoms with Gasteiger partial charge in [0.05, 0.1) is 5.56 Å². The van der Waals surface area contributed by atoms with Crippen molar-refractivity contribution >= 4 is 21.8 Å². The Morgan fingerprint density at radius 3 is 2.72 bits per heavy atom. The van der Waals surface area contributed by atoms with Crippen molar-refractivity contribution in [2.75, 3.05) is 0 Å². The normalized spacial score (nSPS) is 27.8. The molecule has 0 spiro atoms. The van der Waals surface area contributed by atoms with Gasteiger partial charge in [0.25, 0.3) is 5.91 Å². The summed E-state index contributed by atoms with van der Waals surface area (Å²) in [4.78, 5) is 12.2. The van der Waals surface area contributed by atoms with Gasteiger partial charge in [-0.1, -0.05) is 38.8 Å². The van der Waals surface area contributed by atoms with Gasteiger partial charge in [0.2, 0.25) is 0 Å². The highest BCUT2D eigenvalue weighted by atomic mass is 79.9. The molecule has 98 valence electrons. The SMILES string of the molecule is C[C@@H]1[C@H](C)CCC[C@@H]1NC(=O)c1ccccc1Br. The fourth-order valence-corrected chi connectivity index (χ4v) is 3.14. The van der Waals surface area contributed by atoms with E-state index in [-0.39, 0.29) is 5.91 Å². The third kappa shape index (κ3) is 2.94. The van der Waals surface area contributed by atoms with Crippen molar-refractivity contribution in [3.63, 3.8) is 0 Å². The van der Waals surface area contributed by atoms with Crippen molar-refractivity contribution in [1.29, 1.82) is 0 Å². The van der Waals surface area contributed by atoms with E-state index in [1.165, 1.54) is 12.8 Å². The molecule has 1 aliphatic carbocycles. The molecule has 0 aliphatic heterocycles. The zero-order valence-electron chi connectivity index (χ0n) is 10.9. The molecule has 1 aliphatic rings. The molecule has 1 saturated carbocycles. The van der Waals surface area contributed by atoms with Crippen LogP contribution in [0, 0.1) is 11.8 Å². The average molecular weight is 310 g/mol. The van der Waals surface area contributed by atoms with Gasteiger partial charge in [-0.25, -0.2) is 0 Å². The predicted octanol–water partition coefficient (Wildman–Crippen LogP) is 4.00. The lowest BCUT2D eigenvalue weighted by Crippen LogP contribution is -2.43. The lowest BCUT2D eigenvalue weighted by Gasteiger charge is -2.34. The van der Waals surface area contributed by atoms with Crippen LogP contribution in [0.25, 0.3) is 0 Å². The summed E-state index contributed by atoms with van der Waals surface area (Å²) in [5.74, 6) is 1.29. The fraction of sp³-hybridized carbons (Fsp3) is 0.533.